The normalized spacial score (nSPS) is 11.8. The molecule has 1 rings (SSSR count). The third-order valence-corrected chi connectivity index (χ3v) is 2.09. The molecule has 1 N–H and O–H groups in total. The van der Waals surface area contributed by atoms with Crippen LogP contribution in [0, 0.1) is 11.3 Å². The number of hydrogen-bond acceptors (Lipinski definition) is 3. The smallest absolute Gasteiger partial charge is 0.288 e. The highest BCUT2D eigenvalue weighted by Gasteiger charge is 2.14. The lowest BCUT2D eigenvalue weighted by molar-refractivity contribution is 0.0915. The van der Waals surface area contributed by atoms with Crippen LogP contribution in [0.15, 0.2) is 21.2 Å². The number of carbonyl (C=O) groups excluding carboxylic acids is 1. The third-order valence-electron chi connectivity index (χ3n) is 1.67. The molecule has 1 amide bonds. The molecule has 1 aromatic rings. The van der Waals surface area contributed by atoms with Gasteiger partial charge >= 0.3 is 0 Å². The highest BCUT2D eigenvalue weighted by molar-refractivity contribution is 9.10. The average molecular weight is 257 g/mol. The maximum absolute atomic E-state index is 11.4. The lowest BCUT2D eigenvalue weighted by atomic mass is 10.2. The second-order valence-corrected chi connectivity index (χ2v) is 3.45. The number of carbonyl (C=O) groups is 1. The van der Waals surface area contributed by atoms with Gasteiger partial charge < -0.3 is 9.73 Å². The maximum Gasteiger partial charge on any atom is 0.288 e. The molecule has 0 aliphatic rings. The molecule has 0 radical (unpaired) electrons. The van der Waals surface area contributed by atoms with Crippen LogP contribution < -0.4 is 5.32 Å². The average Bonchev–Trinajstić information content (AvgIpc) is 2.61. The molecule has 0 saturated heterocycles. The summed E-state index contributed by atoms with van der Waals surface area (Å²) in [6.07, 6.45) is 0.574. The second kappa shape index (κ2) is 4.82. The second-order valence-electron chi connectivity index (χ2n) is 2.67. The zero-order chi connectivity index (χ0) is 10.6. The summed E-state index contributed by atoms with van der Waals surface area (Å²) in [6.45, 7) is 1.83. The van der Waals surface area contributed by atoms with E-state index in [2.05, 4.69) is 21.2 Å². The molecular weight excluding hydrogens is 248 g/mol. The minimum Gasteiger partial charge on any atom is -0.444 e. The van der Waals surface area contributed by atoms with Crippen LogP contribution >= 0.6 is 15.9 Å². The first-order chi connectivity index (χ1) is 6.67. The van der Waals surface area contributed by atoms with Gasteiger partial charge in [-0.05, 0) is 34.5 Å². The number of nitriles is 1. The van der Waals surface area contributed by atoms with Crippen LogP contribution in [-0.4, -0.2) is 11.9 Å². The van der Waals surface area contributed by atoms with Crippen molar-refractivity contribution < 1.29 is 9.21 Å². The molecule has 4 nitrogen and oxygen atoms in total. The van der Waals surface area contributed by atoms with Crippen LogP contribution in [-0.2, 0) is 0 Å². The lowest BCUT2D eigenvalue weighted by Gasteiger charge is -2.06. The van der Waals surface area contributed by atoms with Gasteiger partial charge in [0.2, 0.25) is 0 Å². The van der Waals surface area contributed by atoms with Gasteiger partial charge in [-0.25, -0.2) is 0 Å². The van der Waals surface area contributed by atoms with Crippen LogP contribution in [0.3, 0.4) is 0 Å². The molecule has 0 bridgehead atoms. The van der Waals surface area contributed by atoms with E-state index in [4.69, 9.17) is 9.68 Å². The van der Waals surface area contributed by atoms with Crippen LogP contribution in [0.25, 0.3) is 0 Å². The fourth-order valence-corrected chi connectivity index (χ4v) is 1.20. The van der Waals surface area contributed by atoms with Crippen molar-refractivity contribution in [3.63, 3.8) is 0 Å². The first kappa shape index (κ1) is 10.8. The van der Waals surface area contributed by atoms with E-state index in [0.717, 1.165) is 0 Å². The summed E-state index contributed by atoms with van der Waals surface area (Å²) < 4.78 is 5.52. The summed E-state index contributed by atoms with van der Waals surface area (Å²) in [6, 6.07) is 4.68. The monoisotopic (exact) mass is 256 g/mol. The zero-order valence-corrected chi connectivity index (χ0v) is 9.17. The number of amides is 1. The van der Waals surface area contributed by atoms with Gasteiger partial charge in [0.1, 0.15) is 6.04 Å². The topological polar surface area (TPSA) is 66.0 Å². The molecule has 0 spiro atoms. The van der Waals surface area contributed by atoms with Gasteiger partial charge in [-0.15, -0.1) is 0 Å². The Morgan fingerprint density at radius 2 is 2.50 bits per heavy atom. The predicted octanol–water partition coefficient (Wildman–Crippen LogP) is 2.07. The summed E-state index contributed by atoms with van der Waals surface area (Å²) in [5.41, 5.74) is 0. The largest absolute Gasteiger partial charge is 0.444 e. The Morgan fingerprint density at radius 3 is 2.93 bits per heavy atom. The Balaban J connectivity index is 2.64. The van der Waals surface area contributed by atoms with Gasteiger partial charge in [0.15, 0.2) is 10.4 Å². The minimum atomic E-state index is -0.466. The van der Waals surface area contributed by atoms with E-state index in [1.807, 2.05) is 13.0 Å². The Labute approximate surface area is 90.0 Å². The van der Waals surface area contributed by atoms with Gasteiger partial charge in [-0.1, -0.05) is 6.92 Å². The number of nitrogens with zero attached hydrogens (tertiary/aromatic N) is 1. The molecule has 1 unspecified atom stereocenters. The maximum atomic E-state index is 11.4. The Morgan fingerprint density at radius 1 is 1.79 bits per heavy atom. The van der Waals surface area contributed by atoms with E-state index in [1.165, 1.54) is 0 Å². The van der Waals surface area contributed by atoms with Crippen molar-refractivity contribution in [2.75, 3.05) is 0 Å². The molecule has 0 aliphatic carbocycles. The van der Waals surface area contributed by atoms with Crippen LogP contribution in [0.5, 0.6) is 0 Å². The number of hydrogen-bond donors (Lipinski definition) is 1. The Bertz CT molecular complexity index is 367. The van der Waals surface area contributed by atoms with E-state index in [-0.39, 0.29) is 11.7 Å². The summed E-state index contributed by atoms with van der Waals surface area (Å²) in [5.74, 6) is -0.172. The number of halogens is 1. The lowest BCUT2D eigenvalue weighted by Crippen LogP contribution is -2.32. The van der Waals surface area contributed by atoms with Crippen molar-refractivity contribution in [3.05, 3.63) is 22.6 Å². The van der Waals surface area contributed by atoms with Crippen molar-refractivity contribution >= 4 is 21.8 Å². The zero-order valence-electron chi connectivity index (χ0n) is 7.58. The fraction of sp³-hybridized carbons (Fsp3) is 0.333. The highest BCUT2D eigenvalue weighted by Crippen LogP contribution is 2.13. The predicted molar refractivity (Wildman–Crippen MR) is 53.6 cm³/mol. The van der Waals surface area contributed by atoms with Crippen LogP contribution in [0.2, 0.25) is 0 Å². The SMILES string of the molecule is CCC(C#N)NC(=O)c1ccc(Br)o1. The van der Waals surface area contributed by atoms with Gasteiger partial charge in [-0.2, -0.15) is 5.26 Å². The molecule has 0 aliphatic heterocycles. The third kappa shape index (κ3) is 2.60. The van der Waals surface area contributed by atoms with Crippen molar-refractivity contribution in [2.45, 2.75) is 19.4 Å². The summed E-state index contributed by atoms with van der Waals surface area (Å²) >= 11 is 3.09. The molecule has 0 aromatic carbocycles. The molecule has 1 heterocycles. The van der Waals surface area contributed by atoms with E-state index in [1.54, 1.807) is 12.1 Å². The molecule has 0 fully saturated rings. The van der Waals surface area contributed by atoms with E-state index in [0.29, 0.717) is 11.1 Å². The highest BCUT2D eigenvalue weighted by atomic mass is 79.9. The molecule has 0 saturated carbocycles. The molecule has 74 valence electrons. The molecule has 5 heteroatoms. The van der Waals surface area contributed by atoms with Gasteiger partial charge in [0, 0.05) is 0 Å². The molecular formula is C9H9BrN2O2. The van der Waals surface area contributed by atoms with E-state index < -0.39 is 6.04 Å². The Kier molecular flexibility index (Phi) is 3.72. The summed E-state index contributed by atoms with van der Waals surface area (Å²) in [4.78, 5) is 11.4. The molecule has 1 atom stereocenters. The first-order valence-corrected chi connectivity index (χ1v) is 4.92. The number of nitrogens with one attached hydrogen (secondary N) is 1. The molecule has 1 aromatic heterocycles. The van der Waals surface area contributed by atoms with Crippen molar-refractivity contribution in [2.24, 2.45) is 0 Å². The first-order valence-electron chi connectivity index (χ1n) is 4.13. The van der Waals surface area contributed by atoms with E-state index in [9.17, 15) is 4.79 Å². The fourth-order valence-electron chi connectivity index (χ4n) is 0.891. The summed E-state index contributed by atoms with van der Waals surface area (Å²) in [7, 11) is 0. The minimum absolute atomic E-state index is 0.200. The number of rotatable bonds is 3. The van der Waals surface area contributed by atoms with Gasteiger partial charge in [0.25, 0.3) is 5.91 Å². The van der Waals surface area contributed by atoms with Crippen molar-refractivity contribution in [1.82, 2.24) is 5.32 Å². The van der Waals surface area contributed by atoms with Gasteiger partial charge in [0.05, 0.1) is 6.07 Å². The van der Waals surface area contributed by atoms with Crippen LogP contribution in [0.1, 0.15) is 23.9 Å². The van der Waals surface area contributed by atoms with Gasteiger partial charge in [-0.3, -0.25) is 4.79 Å². The van der Waals surface area contributed by atoms with Crippen molar-refractivity contribution in [1.29, 1.82) is 5.26 Å². The Hall–Kier alpha value is -1.28. The number of furan rings is 1. The van der Waals surface area contributed by atoms with Crippen molar-refractivity contribution in [3.8, 4) is 6.07 Å². The standard InChI is InChI=1S/C9H9BrN2O2/c1-2-6(5-11)12-9(13)7-3-4-8(10)14-7/h3-4,6H,2H2,1H3,(H,12,13). The van der Waals surface area contributed by atoms with Crippen LogP contribution in [0.4, 0.5) is 0 Å². The van der Waals surface area contributed by atoms with E-state index >= 15 is 0 Å². The summed E-state index contributed by atoms with van der Waals surface area (Å²) in [5, 5.41) is 11.2. The molecule has 14 heavy (non-hydrogen) atoms. The quantitative estimate of drug-likeness (QED) is 0.901.